The van der Waals surface area contributed by atoms with Crippen LogP contribution >= 0.6 is 0 Å². The van der Waals surface area contributed by atoms with E-state index < -0.39 is 18.0 Å². The first-order chi connectivity index (χ1) is 9.02. The molecule has 0 radical (unpaired) electrons. The maximum absolute atomic E-state index is 11.1. The third-order valence-electron chi connectivity index (χ3n) is 2.42. The molecule has 0 bridgehead atoms. The minimum atomic E-state index is -0.824. The zero-order valence-electron chi connectivity index (χ0n) is 10.8. The average Bonchev–Trinajstić information content (AvgIpc) is 2.37. The van der Waals surface area contributed by atoms with Gasteiger partial charge in [0.05, 0.1) is 19.1 Å². The lowest BCUT2D eigenvalue weighted by Crippen LogP contribution is -2.23. The third-order valence-corrected chi connectivity index (χ3v) is 2.42. The van der Waals surface area contributed by atoms with Crippen LogP contribution in [0.25, 0.3) is 0 Å². The molecule has 1 rings (SSSR count). The molecule has 4 N–H and O–H groups in total. The van der Waals surface area contributed by atoms with Gasteiger partial charge in [-0.1, -0.05) is 0 Å². The van der Waals surface area contributed by atoms with E-state index in [-0.39, 0.29) is 13.0 Å². The Bertz CT molecular complexity index is 431. The predicted octanol–water partition coefficient (Wildman–Crippen LogP) is 0.511. The van der Waals surface area contributed by atoms with Gasteiger partial charge in [0.15, 0.2) is 0 Å². The van der Waals surface area contributed by atoms with E-state index in [1.165, 1.54) is 0 Å². The van der Waals surface area contributed by atoms with E-state index in [1.54, 1.807) is 31.2 Å². The Hall–Kier alpha value is -2.08. The lowest BCUT2D eigenvalue weighted by atomic mass is 10.2. The van der Waals surface area contributed by atoms with E-state index in [2.05, 4.69) is 5.32 Å². The van der Waals surface area contributed by atoms with E-state index in [9.17, 15) is 14.7 Å². The molecule has 1 amide bonds. The molecule has 0 fully saturated rings. The molecule has 1 aromatic carbocycles. The van der Waals surface area contributed by atoms with Gasteiger partial charge in [-0.15, -0.1) is 0 Å². The lowest BCUT2D eigenvalue weighted by molar-refractivity contribution is -0.145. The van der Waals surface area contributed by atoms with Crippen molar-refractivity contribution in [2.24, 2.45) is 5.73 Å². The Labute approximate surface area is 111 Å². The monoisotopic (exact) mass is 266 g/mol. The number of benzene rings is 1. The molecule has 0 aliphatic heterocycles. The van der Waals surface area contributed by atoms with Crippen molar-refractivity contribution >= 4 is 17.6 Å². The van der Waals surface area contributed by atoms with Gasteiger partial charge in [-0.3, -0.25) is 9.59 Å². The molecule has 19 heavy (non-hydrogen) atoms. The highest BCUT2D eigenvalue weighted by molar-refractivity contribution is 5.93. The minimum absolute atomic E-state index is 0.0553. The average molecular weight is 266 g/mol. The molecule has 1 atom stereocenters. The number of ether oxygens (including phenoxy) is 1. The van der Waals surface area contributed by atoms with Crippen LogP contribution in [0, 0.1) is 0 Å². The quantitative estimate of drug-likeness (QED) is 0.624. The molecule has 104 valence electrons. The van der Waals surface area contributed by atoms with Gasteiger partial charge in [-0.05, 0) is 31.2 Å². The van der Waals surface area contributed by atoms with E-state index >= 15 is 0 Å². The Kier molecular flexibility index (Phi) is 5.81. The fourth-order valence-electron chi connectivity index (χ4n) is 1.47. The van der Waals surface area contributed by atoms with Gasteiger partial charge in [0.1, 0.15) is 0 Å². The minimum Gasteiger partial charge on any atom is -0.466 e. The molecular weight excluding hydrogens is 248 g/mol. The number of aliphatic hydroxyl groups is 1. The van der Waals surface area contributed by atoms with Gasteiger partial charge < -0.3 is 20.9 Å². The van der Waals surface area contributed by atoms with Crippen molar-refractivity contribution in [2.45, 2.75) is 19.4 Å². The molecule has 0 saturated heterocycles. The molecule has 0 aromatic heterocycles. The van der Waals surface area contributed by atoms with Gasteiger partial charge in [-0.25, -0.2) is 0 Å². The number of amides is 1. The van der Waals surface area contributed by atoms with Crippen molar-refractivity contribution in [2.75, 3.05) is 18.5 Å². The Morgan fingerprint density at radius 3 is 2.53 bits per heavy atom. The van der Waals surface area contributed by atoms with Crippen LogP contribution in [0.1, 0.15) is 23.7 Å². The fraction of sp³-hybridized carbons (Fsp3) is 0.385. The zero-order valence-corrected chi connectivity index (χ0v) is 10.8. The summed E-state index contributed by atoms with van der Waals surface area (Å²) in [5.74, 6) is -0.922. The second kappa shape index (κ2) is 7.38. The SMILES string of the molecule is CCOC(=O)CC(O)CNc1ccc(C(N)=O)cc1. The van der Waals surface area contributed by atoms with Crippen LogP contribution in [-0.2, 0) is 9.53 Å². The van der Waals surface area contributed by atoms with Crippen LogP contribution in [0.2, 0.25) is 0 Å². The largest absolute Gasteiger partial charge is 0.466 e. The zero-order chi connectivity index (χ0) is 14.3. The topological polar surface area (TPSA) is 102 Å². The molecule has 0 aliphatic carbocycles. The smallest absolute Gasteiger partial charge is 0.308 e. The van der Waals surface area contributed by atoms with Crippen molar-refractivity contribution in [3.63, 3.8) is 0 Å². The van der Waals surface area contributed by atoms with E-state index in [4.69, 9.17) is 10.5 Å². The summed E-state index contributed by atoms with van der Waals surface area (Å²) in [7, 11) is 0. The van der Waals surface area contributed by atoms with Crippen LogP contribution in [-0.4, -0.2) is 36.2 Å². The van der Waals surface area contributed by atoms with Gasteiger partial charge in [0, 0.05) is 17.8 Å². The maximum atomic E-state index is 11.1. The molecule has 6 heteroatoms. The third kappa shape index (κ3) is 5.39. The Morgan fingerprint density at radius 1 is 1.37 bits per heavy atom. The highest BCUT2D eigenvalue weighted by Crippen LogP contribution is 2.09. The highest BCUT2D eigenvalue weighted by atomic mass is 16.5. The number of esters is 1. The predicted molar refractivity (Wildman–Crippen MR) is 70.7 cm³/mol. The first-order valence-corrected chi connectivity index (χ1v) is 6.00. The van der Waals surface area contributed by atoms with Crippen molar-refractivity contribution in [1.29, 1.82) is 0 Å². The highest BCUT2D eigenvalue weighted by Gasteiger charge is 2.11. The molecule has 0 spiro atoms. The second-order valence-corrected chi connectivity index (χ2v) is 3.99. The molecule has 1 unspecified atom stereocenters. The summed E-state index contributed by atoms with van der Waals surface area (Å²) in [5, 5.41) is 12.6. The van der Waals surface area contributed by atoms with Gasteiger partial charge >= 0.3 is 5.97 Å². The number of carbonyl (C=O) groups excluding carboxylic acids is 2. The van der Waals surface area contributed by atoms with Crippen molar-refractivity contribution in [3.8, 4) is 0 Å². The van der Waals surface area contributed by atoms with Crippen LogP contribution in [0.3, 0.4) is 0 Å². The lowest BCUT2D eigenvalue weighted by Gasteiger charge is -2.12. The Morgan fingerprint density at radius 2 is 2.00 bits per heavy atom. The number of nitrogens with two attached hydrogens (primary N) is 1. The normalized spacial score (nSPS) is 11.7. The van der Waals surface area contributed by atoms with Crippen LogP contribution in [0.15, 0.2) is 24.3 Å². The first-order valence-electron chi connectivity index (χ1n) is 6.00. The van der Waals surface area contributed by atoms with Crippen LogP contribution in [0.4, 0.5) is 5.69 Å². The van der Waals surface area contributed by atoms with E-state index in [0.717, 1.165) is 5.69 Å². The van der Waals surface area contributed by atoms with Gasteiger partial charge in [-0.2, -0.15) is 0 Å². The molecule has 1 aromatic rings. The van der Waals surface area contributed by atoms with E-state index in [1.807, 2.05) is 0 Å². The van der Waals surface area contributed by atoms with Gasteiger partial charge in [0.25, 0.3) is 0 Å². The maximum Gasteiger partial charge on any atom is 0.308 e. The fourth-order valence-corrected chi connectivity index (χ4v) is 1.47. The summed E-state index contributed by atoms with van der Waals surface area (Å²) in [5.41, 5.74) is 6.26. The number of aliphatic hydroxyl groups excluding tert-OH is 1. The number of rotatable bonds is 7. The molecule has 0 saturated carbocycles. The van der Waals surface area contributed by atoms with Crippen LogP contribution in [0.5, 0.6) is 0 Å². The summed E-state index contributed by atoms with van der Waals surface area (Å²) in [6.07, 6.45) is -0.880. The van der Waals surface area contributed by atoms with Crippen LogP contribution < -0.4 is 11.1 Å². The number of primary amides is 1. The standard InChI is InChI=1S/C13H18N2O4/c1-2-19-12(17)7-11(16)8-15-10-5-3-9(4-6-10)13(14)18/h3-6,11,15-16H,2,7-8H2,1H3,(H2,14,18). The van der Waals surface area contributed by atoms with Crippen molar-refractivity contribution < 1.29 is 19.4 Å². The summed E-state index contributed by atoms with van der Waals surface area (Å²) >= 11 is 0. The number of nitrogens with one attached hydrogen (secondary N) is 1. The molecular formula is C13H18N2O4. The first kappa shape index (κ1) is 15.0. The molecule has 6 nitrogen and oxygen atoms in total. The summed E-state index contributed by atoms with van der Waals surface area (Å²) < 4.78 is 4.73. The summed E-state index contributed by atoms with van der Waals surface area (Å²) in [4.78, 5) is 22.0. The molecule has 0 aliphatic rings. The van der Waals surface area contributed by atoms with Crippen molar-refractivity contribution in [1.82, 2.24) is 0 Å². The molecule has 0 heterocycles. The number of hydrogen-bond donors (Lipinski definition) is 3. The number of carbonyl (C=O) groups is 2. The summed E-state index contributed by atoms with van der Waals surface area (Å²) in [6, 6.07) is 6.53. The number of anilines is 1. The van der Waals surface area contributed by atoms with E-state index in [0.29, 0.717) is 12.2 Å². The van der Waals surface area contributed by atoms with Crippen molar-refractivity contribution in [3.05, 3.63) is 29.8 Å². The Balaban J connectivity index is 2.39. The van der Waals surface area contributed by atoms with Gasteiger partial charge in [0.2, 0.25) is 5.91 Å². The number of hydrogen-bond acceptors (Lipinski definition) is 5. The second-order valence-electron chi connectivity index (χ2n) is 3.99. The summed E-state index contributed by atoms with van der Waals surface area (Å²) in [6.45, 7) is 2.23.